The Bertz CT molecular complexity index is 262. The van der Waals surface area contributed by atoms with Gasteiger partial charge in [-0.25, -0.2) is 0 Å². The third-order valence-corrected chi connectivity index (χ3v) is 1.83. The highest BCUT2D eigenvalue weighted by atomic mass is 16.4. The van der Waals surface area contributed by atoms with Gasteiger partial charge < -0.3 is 10.4 Å². The summed E-state index contributed by atoms with van der Waals surface area (Å²) >= 11 is 0. The molecule has 4 heteroatoms. The summed E-state index contributed by atoms with van der Waals surface area (Å²) in [6.45, 7) is 3.84. The summed E-state index contributed by atoms with van der Waals surface area (Å²) in [5.74, 6) is 3.59. The zero-order chi connectivity index (χ0) is 11.0. The fraction of sp³-hybridized carbons (Fsp3) is 0.600. The maximum absolute atomic E-state index is 10.9. The summed E-state index contributed by atoms with van der Waals surface area (Å²) in [7, 11) is 0. The molecule has 0 rings (SSSR count). The molecule has 4 nitrogen and oxygen atoms in total. The van der Waals surface area contributed by atoms with Crippen LogP contribution in [0, 0.1) is 17.8 Å². The minimum atomic E-state index is -0.840. The van der Waals surface area contributed by atoms with E-state index in [2.05, 4.69) is 17.2 Å². The number of carboxylic acid groups (broad SMARTS) is 1. The van der Waals surface area contributed by atoms with E-state index >= 15 is 0 Å². The molecule has 0 aliphatic heterocycles. The molecule has 1 atom stereocenters. The first-order valence-corrected chi connectivity index (χ1v) is 4.52. The number of carbonyl (C=O) groups is 2. The molecular formula is C10H15NO3. The summed E-state index contributed by atoms with van der Waals surface area (Å²) in [4.78, 5) is 21.3. The van der Waals surface area contributed by atoms with Gasteiger partial charge in [0.25, 0.3) is 5.91 Å². The quantitative estimate of drug-likeness (QED) is 0.635. The average molecular weight is 197 g/mol. The Morgan fingerprint density at radius 1 is 1.50 bits per heavy atom. The average Bonchev–Trinajstić information content (AvgIpc) is 2.12. The molecular weight excluding hydrogens is 182 g/mol. The van der Waals surface area contributed by atoms with Gasteiger partial charge in [-0.05, 0) is 18.8 Å². The Balaban J connectivity index is 3.87. The van der Waals surface area contributed by atoms with Crippen molar-refractivity contribution in [2.45, 2.75) is 26.7 Å². The van der Waals surface area contributed by atoms with Crippen LogP contribution >= 0.6 is 0 Å². The first kappa shape index (κ1) is 12.5. The second kappa shape index (κ2) is 6.96. The van der Waals surface area contributed by atoms with Crippen LogP contribution in [-0.2, 0) is 9.59 Å². The fourth-order valence-corrected chi connectivity index (χ4v) is 1.00. The lowest BCUT2D eigenvalue weighted by Gasteiger charge is -2.11. The van der Waals surface area contributed by atoms with Crippen LogP contribution in [0.2, 0.25) is 0 Å². The van der Waals surface area contributed by atoms with E-state index in [4.69, 9.17) is 5.11 Å². The predicted molar refractivity (Wildman–Crippen MR) is 52.5 cm³/mol. The molecule has 0 aromatic carbocycles. The Kier molecular flexibility index (Phi) is 6.21. The molecule has 78 valence electrons. The molecule has 0 heterocycles. The van der Waals surface area contributed by atoms with Gasteiger partial charge in [0.2, 0.25) is 0 Å². The lowest BCUT2D eigenvalue weighted by atomic mass is 10.0. The summed E-state index contributed by atoms with van der Waals surface area (Å²) < 4.78 is 0. The van der Waals surface area contributed by atoms with E-state index in [0.717, 1.165) is 6.42 Å². The molecule has 2 N–H and O–H groups in total. The van der Waals surface area contributed by atoms with Crippen molar-refractivity contribution in [3.63, 3.8) is 0 Å². The normalized spacial score (nSPS) is 11.0. The van der Waals surface area contributed by atoms with E-state index in [0.29, 0.717) is 6.54 Å². The highest BCUT2D eigenvalue weighted by molar-refractivity contribution is 5.93. The van der Waals surface area contributed by atoms with Crippen molar-refractivity contribution in [2.24, 2.45) is 5.92 Å². The van der Waals surface area contributed by atoms with Gasteiger partial charge in [0.1, 0.15) is 0 Å². The van der Waals surface area contributed by atoms with Gasteiger partial charge in [-0.1, -0.05) is 19.3 Å². The standard InChI is InChI=1S/C10H15NO3/c1-3-5-9(12)11-7-8(4-2)6-10(13)14/h8H,4,6-7H2,1-2H3,(H,11,12)(H,13,14). The lowest BCUT2D eigenvalue weighted by Crippen LogP contribution is -2.29. The Hall–Kier alpha value is -1.50. The van der Waals surface area contributed by atoms with E-state index in [1.807, 2.05) is 6.92 Å². The van der Waals surface area contributed by atoms with Crippen LogP contribution in [0.15, 0.2) is 0 Å². The molecule has 0 aliphatic carbocycles. The van der Waals surface area contributed by atoms with Crippen molar-refractivity contribution in [3.05, 3.63) is 0 Å². The van der Waals surface area contributed by atoms with Gasteiger partial charge >= 0.3 is 5.97 Å². The molecule has 0 saturated heterocycles. The van der Waals surface area contributed by atoms with E-state index < -0.39 is 5.97 Å². The summed E-state index contributed by atoms with van der Waals surface area (Å²) in [5.41, 5.74) is 0. The van der Waals surface area contributed by atoms with Crippen molar-refractivity contribution in [1.82, 2.24) is 5.32 Å². The van der Waals surface area contributed by atoms with Gasteiger partial charge in [-0.15, -0.1) is 0 Å². The summed E-state index contributed by atoms with van der Waals surface area (Å²) in [5, 5.41) is 11.1. The van der Waals surface area contributed by atoms with Crippen LogP contribution in [0.4, 0.5) is 0 Å². The first-order chi connectivity index (χ1) is 6.60. The van der Waals surface area contributed by atoms with Crippen LogP contribution in [0.1, 0.15) is 26.7 Å². The molecule has 0 saturated carbocycles. The zero-order valence-corrected chi connectivity index (χ0v) is 8.46. The van der Waals surface area contributed by atoms with Gasteiger partial charge in [-0.2, -0.15) is 0 Å². The number of aliphatic carboxylic acids is 1. The van der Waals surface area contributed by atoms with Crippen molar-refractivity contribution < 1.29 is 14.7 Å². The summed E-state index contributed by atoms with van der Waals surface area (Å²) in [6.07, 6.45) is 0.808. The number of rotatable bonds is 5. The molecule has 0 aliphatic rings. The molecule has 1 amide bonds. The van der Waals surface area contributed by atoms with Gasteiger partial charge in [0.15, 0.2) is 0 Å². The smallest absolute Gasteiger partial charge is 0.303 e. The van der Waals surface area contributed by atoms with Crippen LogP contribution in [-0.4, -0.2) is 23.5 Å². The van der Waals surface area contributed by atoms with Gasteiger partial charge in [0.05, 0.1) is 0 Å². The summed E-state index contributed by atoms with van der Waals surface area (Å²) in [6, 6.07) is 0. The van der Waals surface area contributed by atoms with Crippen LogP contribution < -0.4 is 5.32 Å². The number of amides is 1. The number of nitrogens with one attached hydrogen (secondary N) is 1. The van der Waals surface area contributed by atoms with E-state index in [1.54, 1.807) is 6.92 Å². The Labute approximate surface area is 83.7 Å². The fourth-order valence-electron chi connectivity index (χ4n) is 1.00. The SMILES string of the molecule is CC#CC(=O)NCC(CC)CC(=O)O. The molecule has 1 unspecified atom stereocenters. The maximum Gasteiger partial charge on any atom is 0.303 e. The number of carbonyl (C=O) groups excluding carboxylic acids is 1. The zero-order valence-electron chi connectivity index (χ0n) is 8.46. The molecule has 14 heavy (non-hydrogen) atoms. The van der Waals surface area contributed by atoms with Crippen LogP contribution in [0.5, 0.6) is 0 Å². The molecule has 0 aromatic heterocycles. The highest BCUT2D eigenvalue weighted by Gasteiger charge is 2.11. The third kappa shape index (κ3) is 6.06. The molecule has 0 spiro atoms. The number of hydrogen-bond donors (Lipinski definition) is 2. The Morgan fingerprint density at radius 2 is 2.14 bits per heavy atom. The minimum absolute atomic E-state index is 0.0184. The highest BCUT2D eigenvalue weighted by Crippen LogP contribution is 2.05. The lowest BCUT2D eigenvalue weighted by molar-refractivity contribution is -0.138. The Morgan fingerprint density at radius 3 is 2.57 bits per heavy atom. The van der Waals surface area contributed by atoms with Gasteiger partial charge in [0, 0.05) is 13.0 Å². The van der Waals surface area contributed by atoms with Gasteiger partial charge in [-0.3, -0.25) is 9.59 Å². The van der Waals surface area contributed by atoms with E-state index in [9.17, 15) is 9.59 Å². The largest absolute Gasteiger partial charge is 0.481 e. The third-order valence-electron chi connectivity index (χ3n) is 1.83. The van der Waals surface area contributed by atoms with E-state index in [-0.39, 0.29) is 18.2 Å². The number of carboxylic acids is 1. The van der Waals surface area contributed by atoms with E-state index in [1.165, 1.54) is 0 Å². The molecule has 0 fully saturated rings. The van der Waals surface area contributed by atoms with Crippen LogP contribution in [0.25, 0.3) is 0 Å². The minimum Gasteiger partial charge on any atom is -0.481 e. The van der Waals surface area contributed by atoms with Crippen molar-refractivity contribution in [3.8, 4) is 11.8 Å². The van der Waals surface area contributed by atoms with Crippen molar-refractivity contribution in [1.29, 1.82) is 0 Å². The maximum atomic E-state index is 10.9. The molecule has 0 radical (unpaired) electrons. The van der Waals surface area contributed by atoms with Crippen molar-refractivity contribution in [2.75, 3.05) is 6.54 Å². The first-order valence-electron chi connectivity index (χ1n) is 4.52. The number of hydrogen-bond acceptors (Lipinski definition) is 2. The monoisotopic (exact) mass is 197 g/mol. The van der Waals surface area contributed by atoms with Crippen molar-refractivity contribution >= 4 is 11.9 Å². The second-order valence-corrected chi connectivity index (χ2v) is 2.96. The van der Waals surface area contributed by atoms with Crippen LogP contribution in [0.3, 0.4) is 0 Å². The predicted octanol–water partition coefficient (Wildman–Crippen LogP) is 0.627. The topological polar surface area (TPSA) is 66.4 Å². The molecule has 0 aromatic rings. The second-order valence-electron chi connectivity index (χ2n) is 2.96. The molecule has 0 bridgehead atoms.